The number of hydrogen-bond acceptors (Lipinski definition) is 3. The molecule has 0 aromatic rings. The van der Waals surface area contributed by atoms with Crippen LogP contribution < -0.4 is 5.32 Å². The van der Waals surface area contributed by atoms with Crippen molar-refractivity contribution in [2.24, 2.45) is 0 Å². The fraction of sp³-hybridized carbons (Fsp3) is 0.929. The van der Waals surface area contributed by atoms with Crippen LogP contribution in [0, 0.1) is 0 Å². The number of nitrogens with zero attached hydrogens (tertiary/aromatic N) is 2. The van der Waals surface area contributed by atoms with E-state index in [0.29, 0.717) is 12.6 Å². The van der Waals surface area contributed by atoms with Crippen LogP contribution in [0.3, 0.4) is 0 Å². The molecule has 0 radical (unpaired) electrons. The van der Waals surface area contributed by atoms with Crippen molar-refractivity contribution >= 4 is 5.91 Å². The minimum Gasteiger partial charge on any atom is -0.352 e. The summed E-state index contributed by atoms with van der Waals surface area (Å²) in [5.41, 5.74) is 0. The van der Waals surface area contributed by atoms with Crippen molar-refractivity contribution in [1.82, 2.24) is 15.1 Å². The summed E-state index contributed by atoms with van der Waals surface area (Å²) < 4.78 is 0. The molecule has 2 aliphatic rings. The van der Waals surface area contributed by atoms with E-state index in [0.717, 1.165) is 26.2 Å². The first-order valence-corrected chi connectivity index (χ1v) is 7.44. The third kappa shape index (κ3) is 4.58. The highest BCUT2D eigenvalue weighted by atomic mass is 16.2. The normalized spacial score (nSPS) is 24.7. The second-order valence-electron chi connectivity index (χ2n) is 5.84. The van der Waals surface area contributed by atoms with Gasteiger partial charge in [-0.2, -0.15) is 0 Å². The molecule has 4 heteroatoms. The Morgan fingerprint density at radius 3 is 2.28 bits per heavy atom. The van der Waals surface area contributed by atoms with Crippen molar-refractivity contribution in [3.63, 3.8) is 0 Å². The van der Waals surface area contributed by atoms with Crippen molar-refractivity contribution in [3.05, 3.63) is 0 Å². The van der Waals surface area contributed by atoms with Crippen LogP contribution in [-0.4, -0.2) is 61.5 Å². The van der Waals surface area contributed by atoms with Crippen LogP contribution >= 0.6 is 0 Å². The van der Waals surface area contributed by atoms with Crippen LogP contribution in [0.25, 0.3) is 0 Å². The number of piperazine rings is 1. The molecule has 4 nitrogen and oxygen atoms in total. The van der Waals surface area contributed by atoms with Gasteiger partial charge in [0, 0.05) is 32.2 Å². The van der Waals surface area contributed by atoms with E-state index in [1.54, 1.807) is 0 Å². The van der Waals surface area contributed by atoms with Crippen LogP contribution in [0.1, 0.15) is 38.5 Å². The predicted octanol–water partition coefficient (Wildman–Crippen LogP) is 1.07. The molecule has 1 heterocycles. The lowest BCUT2D eigenvalue weighted by molar-refractivity contribution is -0.123. The first kappa shape index (κ1) is 13.8. The Labute approximate surface area is 111 Å². The second-order valence-corrected chi connectivity index (χ2v) is 5.84. The molecular formula is C14H27N3O. The standard InChI is InChI=1S/C14H27N3O/c1-16-8-10-17(11-9-16)12-14(18)15-13-6-4-2-3-5-7-13/h13H,2-12H2,1H3,(H,15,18). The van der Waals surface area contributed by atoms with E-state index in [1.807, 2.05) is 0 Å². The fourth-order valence-corrected chi connectivity index (χ4v) is 2.91. The summed E-state index contributed by atoms with van der Waals surface area (Å²) in [6, 6.07) is 0.437. The van der Waals surface area contributed by atoms with Gasteiger partial charge in [-0.3, -0.25) is 9.69 Å². The molecule has 1 saturated carbocycles. The highest BCUT2D eigenvalue weighted by Gasteiger charge is 2.19. The van der Waals surface area contributed by atoms with Gasteiger partial charge in [0.1, 0.15) is 0 Å². The van der Waals surface area contributed by atoms with Gasteiger partial charge in [0.15, 0.2) is 0 Å². The zero-order chi connectivity index (χ0) is 12.8. The lowest BCUT2D eigenvalue weighted by atomic mass is 10.1. The minimum absolute atomic E-state index is 0.228. The summed E-state index contributed by atoms with van der Waals surface area (Å²) in [6.45, 7) is 4.79. The first-order valence-electron chi connectivity index (χ1n) is 7.44. The summed E-state index contributed by atoms with van der Waals surface area (Å²) in [7, 11) is 2.14. The zero-order valence-corrected chi connectivity index (χ0v) is 11.7. The molecule has 2 fully saturated rings. The van der Waals surface area contributed by atoms with E-state index in [9.17, 15) is 4.79 Å². The molecule has 0 bridgehead atoms. The van der Waals surface area contributed by atoms with Gasteiger partial charge in [-0.25, -0.2) is 0 Å². The molecule has 0 aromatic heterocycles. The second kappa shape index (κ2) is 7.10. The van der Waals surface area contributed by atoms with Gasteiger partial charge in [0.25, 0.3) is 0 Å². The van der Waals surface area contributed by atoms with Gasteiger partial charge < -0.3 is 10.2 Å². The fourth-order valence-electron chi connectivity index (χ4n) is 2.91. The number of carbonyl (C=O) groups is 1. The lowest BCUT2D eigenvalue weighted by Gasteiger charge is -2.32. The van der Waals surface area contributed by atoms with Crippen molar-refractivity contribution < 1.29 is 4.79 Å². The third-order valence-electron chi connectivity index (χ3n) is 4.18. The largest absolute Gasteiger partial charge is 0.352 e. The molecule has 1 aliphatic carbocycles. The summed E-state index contributed by atoms with van der Waals surface area (Å²) >= 11 is 0. The molecule has 1 aliphatic heterocycles. The maximum atomic E-state index is 12.0. The van der Waals surface area contributed by atoms with E-state index in [1.165, 1.54) is 38.5 Å². The van der Waals surface area contributed by atoms with Gasteiger partial charge in [-0.15, -0.1) is 0 Å². The first-order chi connectivity index (χ1) is 8.74. The number of likely N-dealkylation sites (N-methyl/N-ethyl adjacent to an activating group) is 1. The van der Waals surface area contributed by atoms with Gasteiger partial charge in [-0.05, 0) is 19.9 Å². The summed E-state index contributed by atoms with van der Waals surface area (Å²) in [4.78, 5) is 16.6. The highest BCUT2D eigenvalue weighted by Crippen LogP contribution is 2.17. The molecule has 0 aromatic carbocycles. The minimum atomic E-state index is 0.228. The quantitative estimate of drug-likeness (QED) is 0.764. The van der Waals surface area contributed by atoms with Crippen LogP contribution in [0.15, 0.2) is 0 Å². The Morgan fingerprint density at radius 2 is 1.67 bits per heavy atom. The Kier molecular flexibility index (Phi) is 5.45. The predicted molar refractivity (Wildman–Crippen MR) is 73.6 cm³/mol. The molecular weight excluding hydrogens is 226 g/mol. The van der Waals surface area contributed by atoms with E-state index in [2.05, 4.69) is 22.2 Å². The molecule has 1 amide bonds. The summed E-state index contributed by atoms with van der Waals surface area (Å²) in [5.74, 6) is 0.228. The number of hydrogen-bond donors (Lipinski definition) is 1. The molecule has 0 spiro atoms. The van der Waals surface area contributed by atoms with Gasteiger partial charge in [0.05, 0.1) is 6.54 Å². The van der Waals surface area contributed by atoms with Crippen LogP contribution in [0.5, 0.6) is 0 Å². The maximum absolute atomic E-state index is 12.0. The van der Waals surface area contributed by atoms with Gasteiger partial charge in [0.2, 0.25) is 5.91 Å². The van der Waals surface area contributed by atoms with Crippen molar-refractivity contribution in [1.29, 1.82) is 0 Å². The maximum Gasteiger partial charge on any atom is 0.234 e. The van der Waals surface area contributed by atoms with Crippen molar-refractivity contribution in [2.75, 3.05) is 39.8 Å². The highest BCUT2D eigenvalue weighted by molar-refractivity contribution is 5.78. The van der Waals surface area contributed by atoms with Crippen LogP contribution in [0.2, 0.25) is 0 Å². The molecule has 2 rings (SSSR count). The Balaban J connectivity index is 1.67. The molecule has 1 saturated heterocycles. The Hall–Kier alpha value is -0.610. The van der Waals surface area contributed by atoms with E-state index < -0.39 is 0 Å². The third-order valence-corrected chi connectivity index (χ3v) is 4.18. The topological polar surface area (TPSA) is 35.6 Å². The monoisotopic (exact) mass is 253 g/mol. The van der Waals surface area contributed by atoms with Crippen LogP contribution in [-0.2, 0) is 4.79 Å². The lowest BCUT2D eigenvalue weighted by Crippen LogP contribution is -2.49. The summed E-state index contributed by atoms with van der Waals surface area (Å²) in [5, 5.41) is 3.22. The number of carbonyl (C=O) groups excluding carboxylic acids is 1. The zero-order valence-electron chi connectivity index (χ0n) is 11.7. The molecule has 1 N–H and O–H groups in total. The van der Waals surface area contributed by atoms with E-state index in [-0.39, 0.29) is 5.91 Å². The average Bonchev–Trinajstić information content (AvgIpc) is 2.61. The number of nitrogens with one attached hydrogen (secondary N) is 1. The molecule has 0 unspecified atom stereocenters. The molecule has 18 heavy (non-hydrogen) atoms. The van der Waals surface area contributed by atoms with Crippen molar-refractivity contribution in [2.45, 2.75) is 44.6 Å². The Bertz CT molecular complexity index is 254. The number of rotatable bonds is 3. The SMILES string of the molecule is CN1CCN(CC(=O)NC2CCCCCC2)CC1. The Morgan fingerprint density at radius 1 is 1.06 bits per heavy atom. The van der Waals surface area contributed by atoms with E-state index >= 15 is 0 Å². The smallest absolute Gasteiger partial charge is 0.234 e. The van der Waals surface area contributed by atoms with Gasteiger partial charge >= 0.3 is 0 Å². The van der Waals surface area contributed by atoms with Crippen molar-refractivity contribution in [3.8, 4) is 0 Å². The average molecular weight is 253 g/mol. The number of amides is 1. The van der Waals surface area contributed by atoms with E-state index in [4.69, 9.17) is 0 Å². The summed E-state index contributed by atoms with van der Waals surface area (Å²) in [6.07, 6.45) is 7.58. The molecule has 0 atom stereocenters. The van der Waals surface area contributed by atoms with Gasteiger partial charge in [-0.1, -0.05) is 25.7 Å². The molecule has 104 valence electrons. The van der Waals surface area contributed by atoms with Crippen LogP contribution in [0.4, 0.5) is 0 Å².